The first-order valence-electron chi connectivity index (χ1n) is 13.5. The molecule has 0 N–H and O–H groups in total. The van der Waals surface area contributed by atoms with E-state index in [1.807, 2.05) is 38.1 Å². The number of carbonyl (C=O) groups excluding carboxylic acids is 1. The monoisotopic (exact) mass is 504 g/mol. The molecule has 0 aromatic heterocycles. The van der Waals surface area contributed by atoms with E-state index >= 15 is 0 Å². The number of rotatable bonds is 7. The molecule has 10 atom stereocenters. The van der Waals surface area contributed by atoms with E-state index in [9.17, 15) is 4.79 Å². The quantitative estimate of drug-likeness (QED) is 0.365. The smallest absolute Gasteiger partial charge is 0.347 e. The van der Waals surface area contributed by atoms with Crippen molar-refractivity contribution in [2.45, 2.75) is 103 Å². The highest BCUT2D eigenvalue weighted by atomic mass is 17.3. The Labute approximate surface area is 213 Å². The highest BCUT2D eigenvalue weighted by molar-refractivity contribution is 5.74. The van der Waals surface area contributed by atoms with Gasteiger partial charge in [0.25, 0.3) is 0 Å². The molecule has 6 rings (SSSR count). The van der Waals surface area contributed by atoms with Gasteiger partial charge in [-0.05, 0) is 76.5 Å². The number of carbonyl (C=O) groups is 1. The molecular weight excluding hydrogens is 464 g/mol. The number of ether oxygens (including phenoxy) is 5. The zero-order chi connectivity index (χ0) is 25.7. The maximum Gasteiger partial charge on any atom is 0.347 e. The van der Waals surface area contributed by atoms with E-state index in [0.717, 1.165) is 31.2 Å². The van der Waals surface area contributed by atoms with Gasteiger partial charge in [-0.3, -0.25) is 0 Å². The highest BCUT2D eigenvalue weighted by Gasteiger charge is 2.69. The molecule has 200 valence electrons. The lowest BCUT2D eigenvalue weighted by atomic mass is 9.58. The van der Waals surface area contributed by atoms with Crippen LogP contribution in [0.4, 0.5) is 0 Å². The van der Waals surface area contributed by atoms with Gasteiger partial charge in [-0.1, -0.05) is 26.0 Å². The van der Waals surface area contributed by atoms with Crippen LogP contribution in [0.1, 0.15) is 78.9 Å². The molecule has 1 spiro atoms. The van der Waals surface area contributed by atoms with Crippen molar-refractivity contribution < 1.29 is 38.3 Å². The lowest BCUT2D eigenvalue weighted by Crippen LogP contribution is -2.70. The fraction of sp³-hybridized carbons (Fsp3) is 0.750. The average molecular weight is 505 g/mol. The Hall–Kier alpha value is -1.71. The highest BCUT2D eigenvalue weighted by Crippen LogP contribution is 2.60. The second-order valence-corrected chi connectivity index (χ2v) is 11.1. The SMILES string of the molecule is CCOC(=O)C(C)Oc1ccc(C(C)O[C@H]2OC3O[C@]4(C)CCC5[C@H](C)CCC([C@H]2C)[C@@]35OO4)cc1. The maximum atomic E-state index is 11.8. The van der Waals surface area contributed by atoms with Crippen molar-refractivity contribution in [3.63, 3.8) is 0 Å². The summed E-state index contributed by atoms with van der Waals surface area (Å²) in [7, 11) is 0. The van der Waals surface area contributed by atoms with Gasteiger partial charge in [0.1, 0.15) is 5.75 Å². The average Bonchev–Trinajstić information content (AvgIpc) is 3.08. The molecule has 4 saturated heterocycles. The number of fused-ring (bicyclic) bond motifs is 2. The van der Waals surface area contributed by atoms with Crippen molar-refractivity contribution in [1.82, 2.24) is 0 Å². The van der Waals surface area contributed by atoms with Crippen LogP contribution in [0.15, 0.2) is 24.3 Å². The third kappa shape index (κ3) is 4.45. The first kappa shape index (κ1) is 25.9. The molecule has 8 heteroatoms. The Morgan fingerprint density at radius 1 is 1.08 bits per heavy atom. The van der Waals surface area contributed by atoms with Crippen LogP contribution in [0.2, 0.25) is 0 Å². The van der Waals surface area contributed by atoms with Gasteiger partial charge in [0.05, 0.1) is 12.7 Å². The lowest BCUT2D eigenvalue weighted by molar-refractivity contribution is -0.578. The molecule has 5 fully saturated rings. The molecule has 1 saturated carbocycles. The van der Waals surface area contributed by atoms with Gasteiger partial charge < -0.3 is 23.7 Å². The first-order valence-corrected chi connectivity index (χ1v) is 13.5. The summed E-state index contributed by atoms with van der Waals surface area (Å²) in [4.78, 5) is 24.0. The summed E-state index contributed by atoms with van der Waals surface area (Å²) in [5, 5.41) is 0. The fourth-order valence-corrected chi connectivity index (χ4v) is 6.64. The van der Waals surface area contributed by atoms with E-state index in [1.165, 1.54) is 0 Å². The van der Waals surface area contributed by atoms with Crippen molar-refractivity contribution in [3.05, 3.63) is 29.8 Å². The molecule has 0 radical (unpaired) electrons. The van der Waals surface area contributed by atoms with Crippen LogP contribution >= 0.6 is 0 Å². The van der Waals surface area contributed by atoms with Crippen LogP contribution in [-0.2, 0) is 33.5 Å². The van der Waals surface area contributed by atoms with Crippen molar-refractivity contribution >= 4 is 5.97 Å². The van der Waals surface area contributed by atoms with Gasteiger partial charge in [-0.25, -0.2) is 14.6 Å². The summed E-state index contributed by atoms with van der Waals surface area (Å²) in [5.41, 5.74) is 0.400. The molecule has 36 heavy (non-hydrogen) atoms. The minimum absolute atomic E-state index is 0.112. The number of benzene rings is 1. The summed E-state index contributed by atoms with van der Waals surface area (Å²) in [6.07, 6.45) is 2.15. The molecule has 8 nitrogen and oxygen atoms in total. The second-order valence-electron chi connectivity index (χ2n) is 11.1. The van der Waals surface area contributed by atoms with Crippen molar-refractivity contribution in [3.8, 4) is 5.75 Å². The van der Waals surface area contributed by atoms with Crippen LogP contribution in [0.5, 0.6) is 5.75 Å². The summed E-state index contributed by atoms with van der Waals surface area (Å²) in [6, 6.07) is 7.59. The third-order valence-electron chi connectivity index (χ3n) is 8.72. The molecule has 1 aromatic rings. The molecule has 2 bridgehead atoms. The summed E-state index contributed by atoms with van der Waals surface area (Å²) < 4.78 is 30.2. The molecule has 5 unspecified atom stereocenters. The van der Waals surface area contributed by atoms with Crippen LogP contribution in [0.3, 0.4) is 0 Å². The molecular formula is C28H40O8. The van der Waals surface area contributed by atoms with Crippen molar-refractivity contribution in [1.29, 1.82) is 0 Å². The topological polar surface area (TPSA) is 81.7 Å². The van der Waals surface area contributed by atoms with Crippen molar-refractivity contribution in [2.24, 2.45) is 23.7 Å². The van der Waals surface area contributed by atoms with Gasteiger partial charge in [0.2, 0.25) is 5.79 Å². The van der Waals surface area contributed by atoms with E-state index in [-0.39, 0.29) is 23.9 Å². The van der Waals surface area contributed by atoms with Crippen LogP contribution in [-0.4, -0.2) is 42.6 Å². The fourth-order valence-electron chi connectivity index (χ4n) is 6.64. The summed E-state index contributed by atoms with van der Waals surface area (Å²) >= 11 is 0. The van der Waals surface area contributed by atoms with Crippen molar-refractivity contribution in [2.75, 3.05) is 6.61 Å². The van der Waals surface area contributed by atoms with E-state index < -0.39 is 30.1 Å². The standard InChI is InChI=1S/C28H40O8/c1-7-30-24(29)19(5)31-21-11-9-20(10-12-21)18(4)32-25-17(3)23-13-8-16(2)22-14-15-27(6)34-26(33-25)28(22,23)36-35-27/h9-12,16-19,22-23,25-26H,7-8,13-15H2,1-6H3/t16-,17-,18?,19?,22?,23?,25+,26?,27+,28-/m1/s1. The third-order valence-corrected chi connectivity index (χ3v) is 8.72. The Kier molecular flexibility index (Phi) is 7.11. The van der Waals surface area contributed by atoms with E-state index in [0.29, 0.717) is 24.2 Å². The van der Waals surface area contributed by atoms with Gasteiger partial charge in [0, 0.05) is 18.3 Å². The number of esters is 1. The summed E-state index contributed by atoms with van der Waals surface area (Å²) in [5.74, 6) is 0.610. The molecule has 1 aromatic carbocycles. The number of hydrogen-bond donors (Lipinski definition) is 0. The van der Waals surface area contributed by atoms with Gasteiger partial charge >= 0.3 is 5.97 Å². The molecule has 1 aliphatic carbocycles. The Bertz CT molecular complexity index is 936. The largest absolute Gasteiger partial charge is 0.479 e. The Morgan fingerprint density at radius 2 is 1.83 bits per heavy atom. The molecule has 4 heterocycles. The van der Waals surface area contributed by atoms with E-state index in [4.69, 9.17) is 33.5 Å². The Morgan fingerprint density at radius 3 is 2.56 bits per heavy atom. The zero-order valence-electron chi connectivity index (χ0n) is 22.2. The minimum Gasteiger partial charge on any atom is -0.479 e. The zero-order valence-corrected chi connectivity index (χ0v) is 22.2. The Balaban J connectivity index is 1.29. The maximum absolute atomic E-state index is 11.8. The molecule has 4 aliphatic heterocycles. The van der Waals surface area contributed by atoms with Gasteiger partial charge in [-0.2, -0.15) is 0 Å². The van der Waals surface area contributed by atoms with E-state index in [1.54, 1.807) is 13.8 Å². The van der Waals surface area contributed by atoms with Crippen LogP contribution in [0.25, 0.3) is 0 Å². The van der Waals surface area contributed by atoms with Gasteiger partial charge in [-0.15, -0.1) is 0 Å². The first-order chi connectivity index (χ1) is 17.2. The predicted octanol–water partition coefficient (Wildman–Crippen LogP) is 5.30. The number of hydrogen-bond acceptors (Lipinski definition) is 8. The van der Waals surface area contributed by atoms with Crippen LogP contribution < -0.4 is 4.74 Å². The molecule has 5 aliphatic rings. The second kappa shape index (κ2) is 9.87. The predicted molar refractivity (Wildman–Crippen MR) is 129 cm³/mol. The summed E-state index contributed by atoms with van der Waals surface area (Å²) in [6.45, 7) is 12.2. The van der Waals surface area contributed by atoms with Gasteiger partial charge in [0.15, 0.2) is 24.3 Å². The van der Waals surface area contributed by atoms with E-state index in [2.05, 4.69) is 13.8 Å². The van der Waals surface area contributed by atoms with Crippen LogP contribution in [0, 0.1) is 23.7 Å². The minimum atomic E-state index is -0.801. The normalized spacial score (nSPS) is 41.1. The molecule has 0 amide bonds. The lowest BCUT2D eigenvalue weighted by Gasteiger charge is -2.60.